The van der Waals surface area contributed by atoms with Crippen LogP contribution in [0.2, 0.25) is 0 Å². The molecule has 0 aliphatic heterocycles. The highest BCUT2D eigenvalue weighted by Crippen LogP contribution is 2.27. The smallest absolute Gasteiger partial charge is 0.263 e. The first-order valence-corrected chi connectivity index (χ1v) is 9.07. The summed E-state index contributed by atoms with van der Waals surface area (Å²) in [4.78, 5) is 4.26. The first-order valence-electron chi connectivity index (χ1n) is 7.58. The monoisotopic (exact) mass is 344 g/mol. The zero-order valence-electron chi connectivity index (χ0n) is 14.1. The number of sulfonamides is 1. The van der Waals surface area contributed by atoms with Crippen LogP contribution < -0.4 is 4.72 Å². The van der Waals surface area contributed by atoms with E-state index in [1.807, 2.05) is 26.8 Å². The van der Waals surface area contributed by atoms with E-state index in [9.17, 15) is 8.42 Å². The standard InChI is InChI=1S/C17H20N4O2S/c1-17(2,3)15-10-16(21(4)19-15)20-24(22,23)14-7-5-6-12-11-18-9-8-13(12)14/h5-11,20H,1-4H3. The minimum atomic E-state index is -3.73. The quantitative estimate of drug-likeness (QED) is 0.792. The summed E-state index contributed by atoms with van der Waals surface area (Å²) in [5.74, 6) is 0.436. The molecular formula is C17H20N4O2S. The summed E-state index contributed by atoms with van der Waals surface area (Å²) >= 11 is 0. The van der Waals surface area contributed by atoms with Crippen molar-refractivity contribution in [2.45, 2.75) is 31.1 Å². The highest BCUT2D eigenvalue weighted by molar-refractivity contribution is 7.93. The Labute approximate surface area is 141 Å². The Bertz CT molecular complexity index is 996. The second kappa shape index (κ2) is 5.59. The fraction of sp³-hybridized carbons (Fsp3) is 0.294. The Morgan fingerprint density at radius 1 is 1.17 bits per heavy atom. The van der Waals surface area contributed by atoms with Crippen molar-refractivity contribution in [1.82, 2.24) is 14.8 Å². The highest BCUT2D eigenvalue weighted by atomic mass is 32.2. The molecule has 3 rings (SSSR count). The first kappa shape index (κ1) is 16.4. The lowest BCUT2D eigenvalue weighted by atomic mass is 9.92. The van der Waals surface area contributed by atoms with Gasteiger partial charge in [-0.2, -0.15) is 5.10 Å². The van der Waals surface area contributed by atoms with Gasteiger partial charge >= 0.3 is 0 Å². The number of benzene rings is 1. The van der Waals surface area contributed by atoms with Gasteiger partial charge in [0.2, 0.25) is 0 Å². The number of nitrogens with zero attached hydrogens (tertiary/aromatic N) is 3. The summed E-state index contributed by atoms with van der Waals surface area (Å²) in [7, 11) is -2.01. The van der Waals surface area contributed by atoms with Gasteiger partial charge in [0.05, 0.1) is 10.6 Å². The molecule has 1 N–H and O–H groups in total. The van der Waals surface area contributed by atoms with Crippen molar-refractivity contribution in [3.8, 4) is 0 Å². The zero-order valence-corrected chi connectivity index (χ0v) is 14.9. The molecule has 6 nitrogen and oxygen atoms in total. The molecule has 1 aromatic carbocycles. The summed E-state index contributed by atoms with van der Waals surface area (Å²) in [6.07, 6.45) is 3.24. The fourth-order valence-electron chi connectivity index (χ4n) is 2.45. The Morgan fingerprint density at radius 3 is 2.58 bits per heavy atom. The summed E-state index contributed by atoms with van der Waals surface area (Å²) in [6.45, 7) is 6.10. The van der Waals surface area contributed by atoms with E-state index in [1.165, 1.54) is 0 Å². The van der Waals surface area contributed by atoms with Crippen LogP contribution in [0, 0.1) is 0 Å². The molecule has 0 saturated carbocycles. The van der Waals surface area contributed by atoms with Crippen molar-refractivity contribution < 1.29 is 8.42 Å². The molecule has 2 aromatic heterocycles. The molecule has 0 bridgehead atoms. The molecule has 0 aliphatic carbocycles. The van der Waals surface area contributed by atoms with Crippen molar-refractivity contribution >= 4 is 26.6 Å². The van der Waals surface area contributed by atoms with E-state index in [0.29, 0.717) is 11.2 Å². The molecule has 0 saturated heterocycles. The van der Waals surface area contributed by atoms with Crippen molar-refractivity contribution in [3.05, 3.63) is 48.4 Å². The average molecular weight is 344 g/mol. The molecule has 0 atom stereocenters. The maximum atomic E-state index is 12.9. The fourth-order valence-corrected chi connectivity index (χ4v) is 3.76. The van der Waals surface area contributed by atoms with Gasteiger partial charge in [-0.3, -0.25) is 14.4 Å². The Hall–Kier alpha value is -2.41. The van der Waals surface area contributed by atoms with Crippen molar-refractivity contribution in [1.29, 1.82) is 0 Å². The van der Waals surface area contributed by atoms with E-state index in [4.69, 9.17) is 0 Å². The molecular weight excluding hydrogens is 324 g/mol. The summed E-state index contributed by atoms with van der Waals surface area (Å²) in [5.41, 5.74) is 0.664. The predicted molar refractivity (Wildman–Crippen MR) is 94.5 cm³/mol. The molecule has 7 heteroatoms. The van der Waals surface area contributed by atoms with Crippen molar-refractivity contribution in [2.75, 3.05) is 4.72 Å². The summed E-state index contributed by atoms with van der Waals surface area (Å²) in [5, 5.41) is 5.82. The molecule has 24 heavy (non-hydrogen) atoms. The van der Waals surface area contributed by atoms with Crippen LogP contribution in [0.5, 0.6) is 0 Å². The second-order valence-electron chi connectivity index (χ2n) is 6.75. The molecule has 0 amide bonds. The normalized spacial score (nSPS) is 12.5. The molecule has 2 heterocycles. The van der Waals surface area contributed by atoms with Gasteiger partial charge in [-0.1, -0.05) is 32.9 Å². The highest BCUT2D eigenvalue weighted by Gasteiger charge is 2.23. The maximum absolute atomic E-state index is 12.9. The SMILES string of the molecule is Cn1nc(C(C)(C)C)cc1NS(=O)(=O)c1cccc2cnccc12. The number of fused-ring (bicyclic) bond motifs is 1. The number of aromatic nitrogens is 3. The van der Waals surface area contributed by atoms with Crippen molar-refractivity contribution in [2.24, 2.45) is 7.05 Å². The van der Waals surface area contributed by atoms with Crippen LogP contribution in [-0.4, -0.2) is 23.2 Å². The van der Waals surface area contributed by atoms with E-state index < -0.39 is 10.0 Å². The van der Waals surface area contributed by atoms with Gasteiger partial charge in [-0.05, 0) is 12.1 Å². The van der Waals surface area contributed by atoms with Crippen LogP contribution in [-0.2, 0) is 22.5 Å². The lowest BCUT2D eigenvalue weighted by Crippen LogP contribution is -2.15. The van der Waals surface area contributed by atoms with Gasteiger partial charge in [0.25, 0.3) is 10.0 Å². The second-order valence-corrected chi connectivity index (χ2v) is 8.40. The minimum Gasteiger partial charge on any atom is -0.264 e. The molecule has 126 valence electrons. The van der Waals surface area contributed by atoms with Crippen molar-refractivity contribution in [3.63, 3.8) is 0 Å². The van der Waals surface area contributed by atoms with Crippen LogP contribution in [0.1, 0.15) is 26.5 Å². The van der Waals surface area contributed by atoms with E-state index in [-0.39, 0.29) is 10.3 Å². The molecule has 0 spiro atoms. The Kier molecular flexibility index (Phi) is 3.83. The van der Waals surface area contributed by atoms with Crippen LogP contribution in [0.4, 0.5) is 5.82 Å². The lowest BCUT2D eigenvalue weighted by molar-refractivity contribution is 0.553. The topological polar surface area (TPSA) is 76.9 Å². The molecule has 0 aliphatic rings. The first-order chi connectivity index (χ1) is 11.2. The van der Waals surface area contributed by atoms with Gasteiger partial charge in [0.1, 0.15) is 5.82 Å². The zero-order chi connectivity index (χ0) is 17.5. The van der Waals surface area contributed by atoms with Crippen LogP contribution in [0.3, 0.4) is 0 Å². The molecule has 0 radical (unpaired) electrons. The number of aryl methyl sites for hydroxylation is 1. The number of pyridine rings is 1. The van der Waals surface area contributed by atoms with E-state index in [2.05, 4.69) is 14.8 Å². The van der Waals surface area contributed by atoms with Crippen LogP contribution in [0.15, 0.2) is 47.6 Å². The minimum absolute atomic E-state index is 0.160. The van der Waals surface area contributed by atoms with Crippen LogP contribution in [0.25, 0.3) is 10.8 Å². The van der Waals surface area contributed by atoms with Crippen LogP contribution >= 0.6 is 0 Å². The number of rotatable bonds is 3. The van der Waals surface area contributed by atoms with Gasteiger partial charge < -0.3 is 0 Å². The summed E-state index contributed by atoms with van der Waals surface area (Å²) in [6, 6.07) is 8.61. The lowest BCUT2D eigenvalue weighted by Gasteiger charge is -2.13. The number of nitrogens with one attached hydrogen (secondary N) is 1. The molecule has 0 unspecified atom stereocenters. The third-order valence-electron chi connectivity index (χ3n) is 3.82. The van der Waals surface area contributed by atoms with E-state index >= 15 is 0 Å². The number of anilines is 1. The summed E-state index contributed by atoms with van der Waals surface area (Å²) < 4.78 is 29.9. The Morgan fingerprint density at radius 2 is 1.92 bits per heavy atom. The van der Waals surface area contributed by atoms with Gasteiger partial charge in [0, 0.05) is 41.7 Å². The molecule has 0 fully saturated rings. The average Bonchev–Trinajstić information content (AvgIpc) is 2.87. The third-order valence-corrected chi connectivity index (χ3v) is 5.23. The molecule has 3 aromatic rings. The number of hydrogen-bond acceptors (Lipinski definition) is 4. The number of hydrogen-bond donors (Lipinski definition) is 1. The maximum Gasteiger partial charge on any atom is 0.263 e. The van der Waals surface area contributed by atoms with E-state index in [1.54, 1.807) is 48.4 Å². The van der Waals surface area contributed by atoms with Gasteiger partial charge in [-0.25, -0.2) is 8.42 Å². The largest absolute Gasteiger partial charge is 0.264 e. The predicted octanol–water partition coefficient (Wildman–Crippen LogP) is 3.07. The van der Waals surface area contributed by atoms with Gasteiger partial charge in [0.15, 0.2) is 0 Å². The third kappa shape index (κ3) is 2.99. The Balaban J connectivity index is 2.05. The van der Waals surface area contributed by atoms with E-state index in [0.717, 1.165) is 11.1 Å². The van der Waals surface area contributed by atoms with Gasteiger partial charge in [-0.15, -0.1) is 0 Å².